The predicted molar refractivity (Wildman–Crippen MR) is 165 cm³/mol. The van der Waals surface area contributed by atoms with Crippen LogP contribution in [0.5, 0.6) is 11.5 Å². The van der Waals surface area contributed by atoms with Crippen molar-refractivity contribution in [2.75, 3.05) is 25.1 Å². The Morgan fingerprint density at radius 1 is 0.929 bits per heavy atom. The molecule has 0 unspecified atom stereocenters. The molecule has 0 spiro atoms. The van der Waals surface area contributed by atoms with Crippen molar-refractivity contribution in [1.82, 2.24) is 10.2 Å². The van der Waals surface area contributed by atoms with Crippen LogP contribution >= 0.6 is 23.2 Å². The minimum atomic E-state index is -4.28. The Morgan fingerprint density at radius 3 is 2.19 bits per heavy atom. The number of amides is 2. The molecule has 0 aromatic heterocycles. The van der Waals surface area contributed by atoms with Crippen molar-refractivity contribution in [3.8, 4) is 11.5 Å². The average Bonchev–Trinajstić information content (AvgIpc) is 2.99. The van der Waals surface area contributed by atoms with Crippen LogP contribution in [0, 0.1) is 0 Å². The normalized spacial score (nSPS) is 12.6. The van der Waals surface area contributed by atoms with Crippen molar-refractivity contribution in [2.45, 2.75) is 50.7 Å². The third kappa shape index (κ3) is 7.87. The van der Waals surface area contributed by atoms with Gasteiger partial charge in [0.1, 0.15) is 24.1 Å². The van der Waals surface area contributed by atoms with E-state index in [1.54, 1.807) is 49.4 Å². The first-order valence-electron chi connectivity index (χ1n) is 13.3. The number of nitrogens with zero attached hydrogens (tertiary/aromatic N) is 2. The molecule has 42 heavy (non-hydrogen) atoms. The lowest BCUT2D eigenvalue weighted by Gasteiger charge is -2.32. The number of carbonyl (C=O) groups excluding carboxylic acids is 2. The zero-order valence-electron chi connectivity index (χ0n) is 24.1. The number of halogens is 2. The van der Waals surface area contributed by atoms with Crippen LogP contribution < -0.4 is 19.1 Å². The maximum absolute atomic E-state index is 14.1. The highest BCUT2D eigenvalue weighted by Gasteiger charge is 2.34. The number of methoxy groups -OCH3 is 2. The molecule has 3 rings (SSSR count). The Morgan fingerprint density at radius 2 is 1.60 bits per heavy atom. The van der Waals surface area contributed by atoms with Crippen molar-refractivity contribution in [2.24, 2.45) is 0 Å². The van der Waals surface area contributed by atoms with Gasteiger partial charge in [-0.2, -0.15) is 0 Å². The second kappa shape index (κ2) is 14.6. The van der Waals surface area contributed by atoms with Gasteiger partial charge >= 0.3 is 0 Å². The number of sulfonamides is 1. The molecule has 0 aliphatic rings. The standard InChI is InChI=1S/C30H35Cl2N3O6S/c1-6-20(2)33-30(37)21(3)34(18-22-11-16-25(31)26(32)17-22)29(36)19-35(27-9-7-8-10-28(27)41-5)42(38,39)24-14-12-23(40-4)13-15-24/h7-17,20-21H,6,18-19H2,1-5H3,(H,33,37)/t20-,21-/m0/s1. The fourth-order valence-corrected chi connectivity index (χ4v) is 5.85. The Bertz CT molecular complexity index is 1500. The van der Waals surface area contributed by atoms with E-state index in [0.29, 0.717) is 22.8 Å². The number of rotatable bonds is 13. The average molecular weight is 637 g/mol. The molecule has 3 aromatic carbocycles. The van der Waals surface area contributed by atoms with Gasteiger partial charge in [0.15, 0.2) is 0 Å². The molecule has 0 bridgehead atoms. The van der Waals surface area contributed by atoms with Crippen LogP contribution in [0.1, 0.15) is 32.8 Å². The Balaban J connectivity index is 2.08. The largest absolute Gasteiger partial charge is 0.497 e. The third-order valence-corrected chi connectivity index (χ3v) is 9.30. The molecule has 1 N–H and O–H groups in total. The van der Waals surface area contributed by atoms with E-state index in [9.17, 15) is 18.0 Å². The van der Waals surface area contributed by atoms with Crippen LogP contribution in [0.3, 0.4) is 0 Å². The highest BCUT2D eigenvalue weighted by atomic mass is 35.5. The number of hydrogen-bond acceptors (Lipinski definition) is 6. The smallest absolute Gasteiger partial charge is 0.264 e. The van der Waals surface area contributed by atoms with Gasteiger partial charge in [-0.1, -0.05) is 48.3 Å². The van der Waals surface area contributed by atoms with Crippen molar-refractivity contribution in [3.63, 3.8) is 0 Å². The number of carbonyl (C=O) groups is 2. The molecule has 0 aliphatic heterocycles. The molecule has 0 aliphatic carbocycles. The number of ether oxygens (including phenoxy) is 2. The molecule has 0 saturated carbocycles. The van der Waals surface area contributed by atoms with Gasteiger partial charge in [0.25, 0.3) is 10.0 Å². The molecule has 0 radical (unpaired) electrons. The molecule has 0 fully saturated rings. The van der Waals surface area contributed by atoms with E-state index < -0.39 is 28.5 Å². The van der Waals surface area contributed by atoms with Crippen LogP contribution in [-0.4, -0.2) is 58.0 Å². The summed E-state index contributed by atoms with van der Waals surface area (Å²) in [4.78, 5) is 28.5. The fraction of sp³-hybridized carbons (Fsp3) is 0.333. The lowest BCUT2D eigenvalue weighted by atomic mass is 10.1. The van der Waals surface area contributed by atoms with Gasteiger partial charge in [-0.3, -0.25) is 13.9 Å². The molecule has 2 atom stereocenters. The molecular formula is C30H35Cl2N3O6S. The van der Waals surface area contributed by atoms with Crippen LogP contribution in [0.2, 0.25) is 10.0 Å². The first-order valence-corrected chi connectivity index (χ1v) is 15.5. The van der Waals surface area contributed by atoms with Crippen molar-refractivity contribution >= 4 is 50.7 Å². The summed E-state index contributed by atoms with van der Waals surface area (Å²) in [5.41, 5.74) is 0.776. The molecule has 0 saturated heterocycles. The summed E-state index contributed by atoms with van der Waals surface area (Å²) in [7, 11) is -1.39. The number of nitrogens with one attached hydrogen (secondary N) is 1. The topological polar surface area (TPSA) is 105 Å². The van der Waals surface area contributed by atoms with E-state index in [1.165, 1.54) is 43.4 Å². The molecule has 3 aromatic rings. The summed E-state index contributed by atoms with van der Waals surface area (Å²) in [6.45, 7) is 4.76. The highest BCUT2D eigenvalue weighted by molar-refractivity contribution is 7.92. The monoisotopic (exact) mass is 635 g/mol. The first-order chi connectivity index (χ1) is 19.9. The van der Waals surface area contributed by atoms with E-state index in [4.69, 9.17) is 32.7 Å². The SMILES string of the molecule is CC[C@H](C)NC(=O)[C@H](C)N(Cc1ccc(Cl)c(Cl)c1)C(=O)CN(c1ccccc1OC)S(=O)(=O)c1ccc(OC)cc1. The minimum Gasteiger partial charge on any atom is -0.497 e. The maximum Gasteiger partial charge on any atom is 0.264 e. The zero-order valence-corrected chi connectivity index (χ0v) is 26.5. The quantitative estimate of drug-likeness (QED) is 0.264. The molecular weight excluding hydrogens is 601 g/mol. The predicted octanol–water partition coefficient (Wildman–Crippen LogP) is 5.54. The van der Waals surface area contributed by atoms with Gasteiger partial charge in [-0.05, 0) is 74.4 Å². The van der Waals surface area contributed by atoms with E-state index >= 15 is 0 Å². The summed E-state index contributed by atoms with van der Waals surface area (Å²) in [6.07, 6.45) is 0.695. The molecule has 9 nitrogen and oxygen atoms in total. The second-order valence-corrected chi connectivity index (χ2v) is 12.3. The number of benzene rings is 3. The Hall–Kier alpha value is -3.47. The molecule has 2 amide bonds. The Kier molecular flexibility index (Phi) is 11.5. The number of para-hydroxylation sites is 2. The number of anilines is 1. The van der Waals surface area contributed by atoms with E-state index in [1.807, 2.05) is 13.8 Å². The zero-order chi connectivity index (χ0) is 31.0. The van der Waals surface area contributed by atoms with E-state index in [-0.39, 0.29) is 39.8 Å². The van der Waals surface area contributed by atoms with Crippen molar-refractivity contribution < 1.29 is 27.5 Å². The molecule has 226 valence electrons. The lowest BCUT2D eigenvalue weighted by molar-refractivity contribution is -0.139. The van der Waals surface area contributed by atoms with Gasteiger partial charge in [-0.25, -0.2) is 8.42 Å². The van der Waals surface area contributed by atoms with Crippen LogP contribution in [0.15, 0.2) is 71.6 Å². The van der Waals surface area contributed by atoms with Crippen LogP contribution in [0.4, 0.5) is 5.69 Å². The summed E-state index contributed by atoms with van der Waals surface area (Å²) in [5, 5.41) is 3.53. The second-order valence-electron chi connectivity index (χ2n) is 9.62. The minimum absolute atomic E-state index is 0.0207. The first kappa shape index (κ1) is 33.0. The summed E-state index contributed by atoms with van der Waals surface area (Å²) in [5.74, 6) is -0.265. The maximum atomic E-state index is 14.1. The van der Waals surface area contributed by atoms with Crippen LogP contribution in [-0.2, 0) is 26.2 Å². The van der Waals surface area contributed by atoms with Gasteiger partial charge in [0, 0.05) is 12.6 Å². The Labute approximate surface area is 257 Å². The van der Waals surface area contributed by atoms with Crippen molar-refractivity contribution in [3.05, 3.63) is 82.3 Å². The van der Waals surface area contributed by atoms with E-state index in [2.05, 4.69) is 5.32 Å². The fourth-order valence-electron chi connectivity index (χ4n) is 4.11. The molecule has 0 heterocycles. The van der Waals surface area contributed by atoms with Crippen LogP contribution in [0.25, 0.3) is 0 Å². The molecule has 12 heteroatoms. The van der Waals surface area contributed by atoms with Gasteiger partial charge in [0.05, 0.1) is 34.8 Å². The van der Waals surface area contributed by atoms with Crippen molar-refractivity contribution in [1.29, 1.82) is 0 Å². The summed E-state index contributed by atoms with van der Waals surface area (Å²) < 4.78 is 39.7. The third-order valence-electron chi connectivity index (χ3n) is 6.79. The van der Waals surface area contributed by atoms with Gasteiger partial charge in [0.2, 0.25) is 11.8 Å². The summed E-state index contributed by atoms with van der Waals surface area (Å²) in [6, 6.07) is 16.2. The summed E-state index contributed by atoms with van der Waals surface area (Å²) >= 11 is 12.3. The van der Waals surface area contributed by atoms with Gasteiger partial charge in [-0.15, -0.1) is 0 Å². The highest BCUT2D eigenvalue weighted by Crippen LogP contribution is 2.33. The van der Waals surface area contributed by atoms with Gasteiger partial charge < -0.3 is 19.7 Å². The number of hydrogen-bond donors (Lipinski definition) is 1. The lowest BCUT2D eigenvalue weighted by Crippen LogP contribution is -2.52. The van der Waals surface area contributed by atoms with E-state index in [0.717, 1.165) is 4.31 Å².